The second-order valence-corrected chi connectivity index (χ2v) is 7.23. The van der Waals surface area contributed by atoms with Gasteiger partial charge in [0.15, 0.2) is 0 Å². The molecule has 2 atom stereocenters. The summed E-state index contributed by atoms with van der Waals surface area (Å²) in [5, 5.41) is 3.73. The first kappa shape index (κ1) is 18.0. The maximum atomic E-state index is 5.33. The molecule has 0 bridgehead atoms. The van der Waals surface area contributed by atoms with Crippen LogP contribution in [0.25, 0.3) is 0 Å². The number of hydrogen-bond acceptors (Lipinski definition) is 2. The molecule has 0 radical (unpaired) electrons. The zero-order chi connectivity index (χ0) is 16.0. The molecule has 1 N–H and O–H groups in total. The van der Waals surface area contributed by atoms with Gasteiger partial charge in [-0.15, -0.1) is 0 Å². The molecule has 0 saturated carbocycles. The highest BCUT2D eigenvalue weighted by Crippen LogP contribution is 2.34. The number of hydrogen-bond donors (Lipinski definition) is 1. The molecule has 21 heavy (non-hydrogen) atoms. The lowest BCUT2D eigenvalue weighted by molar-refractivity contribution is 0.223. The molecule has 0 amide bonds. The number of rotatable bonds is 7. The molecule has 0 aliphatic heterocycles. The van der Waals surface area contributed by atoms with Gasteiger partial charge >= 0.3 is 0 Å². The van der Waals surface area contributed by atoms with Crippen LogP contribution in [-0.4, -0.2) is 13.7 Å². The summed E-state index contributed by atoms with van der Waals surface area (Å²) in [5.74, 6) is 1.60. The quantitative estimate of drug-likeness (QED) is 0.753. The molecule has 0 fully saturated rings. The Morgan fingerprint density at radius 3 is 2.38 bits per heavy atom. The zero-order valence-electron chi connectivity index (χ0n) is 14.9. The van der Waals surface area contributed by atoms with E-state index in [1.807, 2.05) is 0 Å². The van der Waals surface area contributed by atoms with E-state index in [9.17, 15) is 0 Å². The van der Waals surface area contributed by atoms with Crippen molar-refractivity contribution in [1.29, 1.82) is 0 Å². The van der Waals surface area contributed by atoms with Gasteiger partial charge in [-0.05, 0) is 60.9 Å². The molecule has 0 saturated heterocycles. The van der Waals surface area contributed by atoms with Crippen LogP contribution in [0.3, 0.4) is 0 Å². The third kappa shape index (κ3) is 5.35. The van der Waals surface area contributed by atoms with Crippen molar-refractivity contribution >= 4 is 0 Å². The van der Waals surface area contributed by atoms with Crippen LogP contribution in [0.15, 0.2) is 18.2 Å². The molecule has 2 unspecified atom stereocenters. The standard InChI is InChI=1S/C19H33NO/c1-8-11-20-18(13-15(3)19(4,5)6)17-10-9-16(21-7)12-14(17)2/h9-10,12,15,18,20H,8,11,13H2,1-7H3. The highest BCUT2D eigenvalue weighted by molar-refractivity contribution is 5.36. The predicted molar refractivity (Wildman–Crippen MR) is 92.0 cm³/mol. The van der Waals surface area contributed by atoms with E-state index in [1.54, 1.807) is 7.11 Å². The predicted octanol–water partition coefficient (Wildman–Crippen LogP) is 5.12. The minimum Gasteiger partial charge on any atom is -0.497 e. The summed E-state index contributed by atoms with van der Waals surface area (Å²) >= 11 is 0. The lowest BCUT2D eigenvalue weighted by Gasteiger charge is -2.32. The molecule has 2 nitrogen and oxygen atoms in total. The van der Waals surface area contributed by atoms with Crippen LogP contribution in [0, 0.1) is 18.3 Å². The molecule has 1 rings (SSSR count). The number of nitrogens with one attached hydrogen (secondary N) is 1. The van der Waals surface area contributed by atoms with Crippen molar-refractivity contribution in [1.82, 2.24) is 5.32 Å². The maximum absolute atomic E-state index is 5.33. The van der Waals surface area contributed by atoms with Crippen LogP contribution in [0.4, 0.5) is 0 Å². The Bertz CT molecular complexity index is 434. The Morgan fingerprint density at radius 1 is 1.24 bits per heavy atom. The van der Waals surface area contributed by atoms with E-state index in [1.165, 1.54) is 11.1 Å². The van der Waals surface area contributed by atoms with Gasteiger partial charge in [0, 0.05) is 6.04 Å². The molecular formula is C19H33NO. The largest absolute Gasteiger partial charge is 0.497 e. The fraction of sp³-hybridized carbons (Fsp3) is 0.684. The van der Waals surface area contributed by atoms with Gasteiger partial charge in [-0.2, -0.15) is 0 Å². The summed E-state index contributed by atoms with van der Waals surface area (Å²) < 4.78 is 5.33. The van der Waals surface area contributed by atoms with E-state index in [0.29, 0.717) is 17.4 Å². The maximum Gasteiger partial charge on any atom is 0.119 e. The first-order valence-electron chi connectivity index (χ1n) is 8.17. The van der Waals surface area contributed by atoms with Crippen molar-refractivity contribution in [3.8, 4) is 5.75 Å². The van der Waals surface area contributed by atoms with Crippen molar-refractivity contribution < 1.29 is 4.74 Å². The van der Waals surface area contributed by atoms with E-state index in [4.69, 9.17) is 4.74 Å². The lowest BCUT2D eigenvalue weighted by atomic mass is 9.77. The highest BCUT2D eigenvalue weighted by atomic mass is 16.5. The Hall–Kier alpha value is -1.02. The van der Waals surface area contributed by atoms with Gasteiger partial charge in [-0.1, -0.05) is 40.7 Å². The van der Waals surface area contributed by atoms with Gasteiger partial charge in [0.25, 0.3) is 0 Å². The minimum atomic E-state index is 0.340. The molecule has 1 aromatic carbocycles. The van der Waals surface area contributed by atoms with Gasteiger partial charge in [0.05, 0.1) is 7.11 Å². The van der Waals surface area contributed by atoms with Crippen LogP contribution in [0.5, 0.6) is 5.75 Å². The van der Waals surface area contributed by atoms with Gasteiger partial charge in [0.1, 0.15) is 5.75 Å². The average Bonchev–Trinajstić information content (AvgIpc) is 2.42. The fourth-order valence-electron chi connectivity index (χ4n) is 2.51. The summed E-state index contributed by atoms with van der Waals surface area (Å²) in [7, 11) is 1.73. The summed E-state index contributed by atoms with van der Waals surface area (Å²) in [4.78, 5) is 0. The van der Waals surface area contributed by atoms with Gasteiger partial charge in [-0.25, -0.2) is 0 Å². The summed E-state index contributed by atoms with van der Waals surface area (Å²) in [6, 6.07) is 6.85. The van der Waals surface area contributed by atoms with E-state index in [2.05, 4.69) is 65.1 Å². The fourth-order valence-corrected chi connectivity index (χ4v) is 2.51. The van der Waals surface area contributed by atoms with Crippen molar-refractivity contribution in [3.63, 3.8) is 0 Å². The molecule has 1 aromatic rings. The Labute approximate surface area is 131 Å². The summed E-state index contributed by atoms with van der Waals surface area (Å²) in [6.07, 6.45) is 2.33. The molecule has 2 heteroatoms. The van der Waals surface area contributed by atoms with Crippen molar-refractivity contribution in [2.24, 2.45) is 11.3 Å². The van der Waals surface area contributed by atoms with Crippen LogP contribution in [0.2, 0.25) is 0 Å². The van der Waals surface area contributed by atoms with Crippen LogP contribution in [0.1, 0.15) is 64.6 Å². The SMILES string of the molecule is CCCNC(CC(C)C(C)(C)C)c1ccc(OC)cc1C. The Balaban J connectivity index is 2.96. The lowest BCUT2D eigenvalue weighted by Crippen LogP contribution is -2.28. The van der Waals surface area contributed by atoms with Crippen LogP contribution >= 0.6 is 0 Å². The molecular weight excluding hydrogens is 258 g/mol. The van der Waals surface area contributed by atoms with Gasteiger partial charge in [0.2, 0.25) is 0 Å². The highest BCUT2D eigenvalue weighted by Gasteiger charge is 2.25. The first-order chi connectivity index (χ1) is 9.79. The number of aryl methyl sites for hydroxylation is 1. The van der Waals surface area contributed by atoms with Crippen LogP contribution in [-0.2, 0) is 0 Å². The summed E-state index contributed by atoms with van der Waals surface area (Å²) in [6.45, 7) is 14.8. The Morgan fingerprint density at radius 2 is 1.90 bits per heavy atom. The first-order valence-corrected chi connectivity index (χ1v) is 8.17. The third-order valence-electron chi connectivity index (χ3n) is 4.56. The van der Waals surface area contributed by atoms with Crippen molar-refractivity contribution in [2.45, 2.75) is 60.4 Å². The van der Waals surface area contributed by atoms with E-state index in [-0.39, 0.29) is 0 Å². The van der Waals surface area contributed by atoms with Crippen molar-refractivity contribution in [3.05, 3.63) is 29.3 Å². The monoisotopic (exact) mass is 291 g/mol. The van der Waals surface area contributed by atoms with Gasteiger partial charge < -0.3 is 10.1 Å². The average molecular weight is 291 g/mol. The summed E-state index contributed by atoms with van der Waals surface area (Å²) in [5.41, 5.74) is 3.05. The molecule has 0 aliphatic carbocycles. The molecule has 120 valence electrons. The second kappa shape index (κ2) is 7.84. The number of methoxy groups -OCH3 is 1. The second-order valence-electron chi connectivity index (χ2n) is 7.23. The molecule has 0 heterocycles. The molecule has 0 spiro atoms. The molecule has 0 aromatic heterocycles. The van der Waals surface area contributed by atoms with Gasteiger partial charge in [-0.3, -0.25) is 0 Å². The number of ether oxygens (including phenoxy) is 1. The Kier molecular flexibility index (Phi) is 6.73. The minimum absolute atomic E-state index is 0.340. The van der Waals surface area contributed by atoms with E-state index < -0.39 is 0 Å². The number of benzene rings is 1. The molecule has 0 aliphatic rings. The van der Waals surface area contributed by atoms with E-state index >= 15 is 0 Å². The van der Waals surface area contributed by atoms with Crippen LogP contribution < -0.4 is 10.1 Å². The topological polar surface area (TPSA) is 21.3 Å². The van der Waals surface area contributed by atoms with E-state index in [0.717, 1.165) is 25.1 Å². The normalized spacial score (nSPS) is 14.8. The van der Waals surface area contributed by atoms with Crippen molar-refractivity contribution in [2.75, 3.05) is 13.7 Å². The smallest absolute Gasteiger partial charge is 0.119 e. The third-order valence-corrected chi connectivity index (χ3v) is 4.56. The zero-order valence-corrected chi connectivity index (χ0v) is 14.9.